The van der Waals surface area contributed by atoms with E-state index in [9.17, 15) is 22.4 Å². The number of amides is 1. The number of nitrogens with zero attached hydrogens (tertiary/aromatic N) is 6. The predicted octanol–water partition coefficient (Wildman–Crippen LogP) is 4.71. The highest BCUT2D eigenvalue weighted by Gasteiger charge is 2.41. The first-order valence-corrected chi connectivity index (χ1v) is 12.1. The Labute approximate surface area is 218 Å². The highest BCUT2D eigenvalue weighted by Crippen LogP contribution is 2.43. The maximum Gasteiger partial charge on any atom is 0.272 e. The zero-order valence-corrected chi connectivity index (χ0v) is 20.2. The molecule has 1 saturated carbocycles. The van der Waals surface area contributed by atoms with E-state index in [0.29, 0.717) is 28.2 Å². The topological polar surface area (TPSA) is 114 Å². The maximum absolute atomic E-state index is 14.5. The Morgan fingerprint density at radius 2 is 1.97 bits per heavy atom. The number of hydrogen-bond acceptors (Lipinski definition) is 6. The van der Waals surface area contributed by atoms with Crippen LogP contribution in [0.5, 0.6) is 0 Å². The number of hydrogen-bond donors (Lipinski definition) is 2. The average molecular weight is 536 g/mol. The van der Waals surface area contributed by atoms with Crippen molar-refractivity contribution in [3.05, 3.63) is 84.1 Å². The van der Waals surface area contributed by atoms with Crippen molar-refractivity contribution in [2.75, 3.05) is 0 Å². The van der Waals surface area contributed by atoms with Crippen LogP contribution >= 0.6 is 0 Å². The van der Waals surface area contributed by atoms with Gasteiger partial charge in [0.2, 0.25) is 11.9 Å². The number of carbonyl (C=O) groups excluding carboxylic acids is 1. The number of nitrogens with one attached hydrogen (secondary N) is 2. The van der Waals surface area contributed by atoms with Crippen molar-refractivity contribution in [1.29, 1.82) is 0 Å². The number of rotatable bonds is 6. The van der Waals surface area contributed by atoms with Crippen molar-refractivity contribution in [2.45, 2.75) is 37.6 Å². The molecule has 1 aromatic carbocycles. The monoisotopic (exact) mass is 536 g/mol. The third-order valence-electron chi connectivity index (χ3n) is 6.61. The molecule has 0 bridgehead atoms. The third-order valence-corrected chi connectivity index (χ3v) is 6.61. The molecule has 0 spiro atoms. The molecule has 1 atom stereocenters. The lowest BCUT2D eigenvalue weighted by Crippen LogP contribution is -2.24. The molecule has 1 unspecified atom stereocenters. The van der Waals surface area contributed by atoms with Crippen LogP contribution in [0.1, 0.15) is 47.1 Å². The van der Waals surface area contributed by atoms with Crippen molar-refractivity contribution >= 4 is 17.1 Å². The number of aromatic nitrogens is 7. The van der Waals surface area contributed by atoms with Crippen LogP contribution in [-0.2, 0) is 6.54 Å². The second-order valence-electron chi connectivity index (χ2n) is 9.38. The molecule has 0 radical (unpaired) electrons. The maximum atomic E-state index is 14.5. The Kier molecular flexibility index (Phi) is 6.04. The third kappa shape index (κ3) is 5.07. The molecule has 4 aromatic heterocycles. The van der Waals surface area contributed by atoms with Crippen molar-refractivity contribution in [3.63, 3.8) is 0 Å². The molecule has 4 heterocycles. The fourth-order valence-electron chi connectivity index (χ4n) is 4.70. The summed E-state index contributed by atoms with van der Waals surface area (Å²) in [6.45, 7) is -0.0129. The van der Waals surface area contributed by atoms with Crippen LogP contribution in [0.3, 0.4) is 0 Å². The van der Waals surface area contributed by atoms with Crippen LogP contribution in [0, 0.1) is 11.8 Å². The van der Waals surface area contributed by atoms with E-state index >= 15 is 0 Å². The highest BCUT2D eigenvalue weighted by molar-refractivity contribution is 6.02. The van der Waals surface area contributed by atoms with Gasteiger partial charge in [-0.1, -0.05) is 0 Å². The van der Waals surface area contributed by atoms with Gasteiger partial charge in [-0.25, -0.2) is 37.8 Å². The van der Waals surface area contributed by atoms with E-state index in [2.05, 4.69) is 35.3 Å². The Morgan fingerprint density at radius 1 is 1.10 bits per heavy atom. The van der Waals surface area contributed by atoms with Gasteiger partial charge in [0.05, 0.1) is 18.1 Å². The lowest BCUT2D eigenvalue weighted by atomic mass is 10.1. The molecule has 0 aliphatic heterocycles. The van der Waals surface area contributed by atoms with Crippen LogP contribution in [0.15, 0.2) is 55.2 Å². The van der Waals surface area contributed by atoms with Gasteiger partial charge in [0.15, 0.2) is 11.3 Å². The fraction of sp³-hybridized carbons (Fsp3) is 0.231. The molecular weight excluding hydrogens is 516 g/mol. The van der Waals surface area contributed by atoms with Crippen molar-refractivity contribution in [1.82, 2.24) is 40.0 Å². The molecule has 0 saturated heterocycles. The first-order chi connectivity index (χ1) is 18.7. The Bertz CT molecular complexity index is 1680. The van der Waals surface area contributed by atoms with Gasteiger partial charge in [-0.3, -0.25) is 4.79 Å². The molecule has 13 heteroatoms. The SMILES string of the molecule is O=C(NCc1cc(F)cc(-c2cnn(-c3ccc(F)nc3)c2)c1)c1ncnc2nc(C3CCC(F)(F)C3)[nH]c12. The lowest BCUT2D eigenvalue weighted by Gasteiger charge is -2.08. The second kappa shape index (κ2) is 9.57. The molecule has 1 fully saturated rings. The van der Waals surface area contributed by atoms with Gasteiger partial charge in [-0.05, 0) is 47.9 Å². The molecule has 1 amide bonds. The van der Waals surface area contributed by atoms with Crippen LogP contribution in [-0.4, -0.2) is 46.5 Å². The van der Waals surface area contributed by atoms with Crippen LogP contribution < -0.4 is 5.32 Å². The molecule has 1 aliphatic rings. The van der Waals surface area contributed by atoms with E-state index in [1.807, 2.05) is 0 Å². The van der Waals surface area contributed by atoms with Gasteiger partial charge in [0.1, 0.15) is 23.5 Å². The zero-order valence-electron chi connectivity index (χ0n) is 20.2. The first-order valence-electron chi connectivity index (χ1n) is 12.1. The smallest absolute Gasteiger partial charge is 0.272 e. The summed E-state index contributed by atoms with van der Waals surface area (Å²) >= 11 is 0. The number of halogens is 4. The van der Waals surface area contributed by atoms with Gasteiger partial charge in [0.25, 0.3) is 5.91 Å². The molecule has 198 valence electrons. The van der Waals surface area contributed by atoms with Gasteiger partial charge < -0.3 is 10.3 Å². The van der Waals surface area contributed by atoms with Crippen LogP contribution in [0.25, 0.3) is 28.0 Å². The zero-order chi connectivity index (χ0) is 27.1. The summed E-state index contributed by atoms with van der Waals surface area (Å²) in [5.41, 5.74) is 2.62. The predicted molar refractivity (Wildman–Crippen MR) is 131 cm³/mol. The van der Waals surface area contributed by atoms with E-state index in [1.165, 1.54) is 47.7 Å². The van der Waals surface area contributed by atoms with E-state index < -0.39 is 29.5 Å². The summed E-state index contributed by atoms with van der Waals surface area (Å²) in [6.07, 6.45) is 5.45. The number of alkyl halides is 2. The number of imidazole rings is 1. The minimum Gasteiger partial charge on any atom is -0.347 e. The minimum absolute atomic E-state index is 0.00863. The van der Waals surface area contributed by atoms with Crippen molar-refractivity contribution in [2.24, 2.45) is 0 Å². The van der Waals surface area contributed by atoms with Crippen LogP contribution in [0.2, 0.25) is 0 Å². The molecule has 5 aromatic rings. The van der Waals surface area contributed by atoms with E-state index in [1.54, 1.807) is 12.3 Å². The number of fused-ring (bicyclic) bond motifs is 1. The van der Waals surface area contributed by atoms with Crippen LogP contribution in [0.4, 0.5) is 17.6 Å². The van der Waals surface area contributed by atoms with E-state index in [0.717, 1.165) is 0 Å². The largest absolute Gasteiger partial charge is 0.347 e. The Morgan fingerprint density at radius 3 is 2.74 bits per heavy atom. The highest BCUT2D eigenvalue weighted by atomic mass is 19.3. The number of benzene rings is 1. The van der Waals surface area contributed by atoms with Gasteiger partial charge in [0, 0.05) is 37.1 Å². The lowest BCUT2D eigenvalue weighted by molar-refractivity contribution is 0.00755. The summed E-state index contributed by atoms with van der Waals surface area (Å²) in [5.74, 6) is -4.53. The molecule has 2 N–H and O–H groups in total. The molecular formula is C26H20F4N8O. The fourth-order valence-corrected chi connectivity index (χ4v) is 4.70. The first kappa shape index (κ1) is 24.6. The number of aromatic amines is 1. The number of pyridine rings is 1. The summed E-state index contributed by atoms with van der Waals surface area (Å²) in [5, 5.41) is 6.94. The number of carbonyl (C=O) groups is 1. The van der Waals surface area contributed by atoms with E-state index in [4.69, 9.17) is 0 Å². The molecule has 1 aliphatic carbocycles. The summed E-state index contributed by atoms with van der Waals surface area (Å²) in [4.78, 5) is 32.0. The van der Waals surface area contributed by atoms with Gasteiger partial charge in [-0.2, -0.15) is 9.49 Å². The average Bonchev–Trinajstić information content (AvgIpc) is 3.65. The summed E-state index contributed by atoms with van der Waals surface area (Å²) < 4.78 is 56.4. The molecule has 6 rings (SSSR count). The van der Waals surface area contributed by atoms with Gasteiger partial charge >= 0.3 is 0 Å². The normalized spacial score (nSPS) is 16.6. The number of H-pyrrole nitrogens is 1. The molecule has 9 nitrogen and oxygen atoms in total. The van der Waals surface area contributed by atoms with Crippen molar-refractivity contribution < 1.29 is 22.4 Å². The summed E-state index contributed by atoms with van der Waals surface area (Å²) in [6, 6.07) is 7.06. The molecule has 39 heavy (non-hydrogen) atoms. The van der Waals surface area contributed by atoms with E-state index in [-0.39, 0.29) is 42.7 Å². The second-order valence-corrected chi connectivity index (χ2v) is 9.38. The quantitative estimate of drug-likeness (QED) is 0.240. The Balaban J connectivity index is 1.19. The summed E-state index contributed by atoms with van der Waals surface area (Å²) in [7, 11) is 0. The van der Waals surface area contributed by atoms with Gasteiger partial charge in [-0.15, -0.1) is 0 Å². The minimum atomic E-state index is -2.74. The standard InChI is InChI=1S/C26H20F4N8O/c27-18-6-14(5-16(7-18)17-10-35-38(12-17)19-1-2-20(28)31-11-19)9-32-25(39)22-21-24(34-13-33-22)37-23(36-21)15-3-4-26(29,30)8-15/h1-2,5-7,10-13,15H,3-4,8-9H2,(H,32,39)(H,33,34,36,37). The van der Waals surface area contributed by atoms with Crippen molar-refractivity contribution in [3.8, 4) is 16.8 Å². The Hall–Kier alpha value is -4.68.